The first-order chi connectivity index (χ1) is 11.8. The van der Waals surface area contributed by atoms with Crippen LogP contribution in [0.4, 0.5) is 0 Å². The lowest BCUT2D eigenvalue weighted by molar-refractivity contribution is -0.124. The highest BCUT2D eigenvalue weighted by Crippen LogP contribution is 2.25. The zero-order chi connectivity index (χ0) is 18.4. The van der Waals surface area contributed by atoms with E-state index < -0.39 is 5.91 Å². The second-order valence-electron chi connectivity index (χ2n) is 7.33. The molecule has 0 aliphatic rings. The van der Waals surface area contributed by atoms with Crippen LogP contribution >= 0.6 is 0 Å². The van der Waals surface area contributed by atoms with Crippen molar-refractivity contribution in [2.45, 2.75) is 40.7 Å². The van der Waals surface area contributed by atoms with Crippen molar-refractivity contribution in [2.75, 3.05) is 13.1 Å². The van der Waals surface area contributed by atoms with Crippen LogP contribution < -0.4 is 10.8 Å². The molecule has 1 aromatic carbocycles. The normalized spacial score (nSPS) is 12.2. The number of benzene rings is 1. The highest BCUT2D eigenvalue weighted by Gasteiger charge is 2.18. The molecule has 0 unspecified atom stereocenters. The van der Waals surface area contributed by atoms with Crippen molar-refractivity contribution < 1.29 is 10.0 Å². The molecule has 0 aliphatic carbocycles. The van der Waals surface area contributed by atoms with Gasteiger partial charge in [-0.3, -0.25) is 10.0 Å². The maximum absolute atomic E-state index is 11.1. The Labute approximate surface area is 148 Å². The lowest BCUT2D eigenvalue weighted by Crippen LogP contribution is -2.22. The Morgan fingerprint density at radius 1 is 1.36 bits per heavy atom. The standard InChI is InChI=1S/C19H28N4O2/c1-5-20-10-11-23-16-8-6-14(7-9-18(24)22-25)12-15(16)21-17(23)13-19(2,3)4/h6-9,12,20,25H,5,10-11,13H2,1-4H3,(H,22,24). The number of imidazole rings is 1. The molecule has 136 valence electrons. The Hall–Kier alpha value is -2.18. The van der Waals surface area contributed by atoms with Gasteiger partial charge in [-0.25, -0.2) is 10.5 Å². The van der Waals surface area contributed by atoms with Crippen LogP contribution in [0.15, 0.2) is 24.3 Å². The van der Waals surface area contributed by atoms with Gasteiger partial charge in [0.15, 0.2) is 0 Å². The lowest BCUT2D eigenvalue weighted by Gasteiger charge is -2.19. The fourth-order valence-electron chi connectivity index (χ4n) is 2.74. The Morgan fingerprint density at radius 2 is 2.12 bits per heavy atom. The summed E-state index contributed by atoms with van der Waals surface area (Å²) in [6, 6.07) is 5.96. The van der Waals surface area contributed by atoms with E-state index in [2.05, 4.69) is 37.6 Å². The van der Waals surface area contributed by atoms with Gasteiger partial charge in [-0.15, -0.1) is 0 Å². The minimum absolute atomic E-state index is 0.152. The van der Waals surface area contributed by atoms with Crippen molar-refractivity contribution in [1.29, 1.82) is 0 Å². The third-order valence-corrected chi connectivity index (χ3v) is 3.84. The SMILES string of the molecule is CCNCCn1c(CC(C)(C)C)nc2cc(C=CC(=O)NO)ccc21. The summed E-state index contributed by atoms with van der Waals surface area (Å²) in [5, 5.41) is 11.9. The van der Waals surface area contributed by atoms with Crippen molar-refractivity contribution in [3.8, 4) is 0 Å². The molecule has 3 N–H and O–H groups in total. The molecule has 0 radical (unpaired) electrons. The number of rotatable bonds is 7. The molecule has 0 spiro atoms. The lowest BCUT2D eigenvalue weighted by atomic mass is 9.92. The van der Waals surface area contributed by atoms with Crippen molar-refractivity contribution in [3.63, 3.8) is 0 Å². The van der Waals surface area contributed by atoms with Gasteiger partial charge in [-0.1, -0.05) is 33.8 Å². The third kappa shape index (κ3) is 5.41. The van der Waals surface area contributed by atoms with Crippen molar-refractivity contribution in [3.05, 3.63) is 35.7 Å². The second kappa shape index (κ2) is 8.27. The van der Waals surface area contributed by atoms with E-state index in [1.807, 2.05) is 18.2 Å². The largest absolute Gasteiger partial charge is 0.327 e. The summed E-state index contributed by atoms with van der Waals surface area (Å²) in [5.41, 5.74) is 4.63. The minimum Gasteiger partial charge on any atom is -0.327 e. The summed E-state index contributed by atoms with van der Waals surface area (Å²) in [6.07, 6.45) is 3.84. The first-order valence-corrected chi connectivity index (χ1v) is 8.66. The highest BCUT2D eigenvalue weighted by atomic mass is 16.5. The molecule has 2 aromatic rings. The Balaban J connectivity index is 2.38. The molecule has 6 heteroatoms. The van der Waals surface area contributed by atoms with Gasteiger partial charge >= 0.3 is 0 Å². The predicted molar refractivity (Wildman–Crippen MR) is 100 cm³/mol. The summed E-state index contributed by atoms with van der Waals surface area (Å²) >= 11 is 0. The van der Waals surface area contributed by atoms with Gasteiger partial charge in [0, 0.05) is 25.6 Å². The monoisotopic (exact) mass is 344 g/mol. The first kappa shape index (κ1) is 19.1. The van der Waals surface area contributed by atoms with Gasteiger partial charge in [-0.2, -0.15) is 0 Å². The van der Waals surface area contributed by atoms with Crippen LogP contribution in [0.25, 0.3) is 17.1 Å². The van der Waals surface area contributed by atoms with Crippen LogP contribution in [-0.2, 0) is 17.8 Å². The van der Waals surface area contributed by atoms with Crippen molar-refractivity contribution in [1.82, 2.24) is 20.3 Å². The van der Waals surface area contributed by atoms with E-state index >= 15 is 0 Å². The number of hydrogen-bond acceptors (Lipinski definition) is 4. The van der Waals surface area contributed by atoms with E-state index in [4.69, 9.17) is 10.2 Å². The fraction of sp³-hybridized carbons (Fsp3) is 0.474. The fourth-order valence-corrected chi connectivity index (χ4v) is 2.74. The molecule has 1 aromatic heterocycles. The van der Waals surface area contributed by atoms with E-state index in [0.29, 0.717) is 0 Å². The Kier molecular flexibility index (Phi) is 6.33. The quantitative estimate of drug-likeness (QED) is 0.312. The number of aromatic nitrogens is 2. The smallest absolute Gasteiger partial charge is 0.267 e. The summed E-state index contributed by atoms with van der Waals surface area (Å²) in [5.74, 6) is 0.527. The Bertz CT molecular complexity index is 757. The molecule has 0 saturated heterocycles. The van der Waals surface area contributed by atoms with Crippen LogP contribution in [0.3, 0.4) is 0 Å². The van der Waals surface area contributed by atoms with Gasteiger partial charge in [0.2, 0.25) is 0 Å². The van der Waals surface area contributed by atoms with Crippen molar-refractivity contribution >= 4 is 23.0 Å². The number of amides is 1. The summed E-state index contributed by atoms with van der Waals surface area (Å²) in [7, 11) is 0. The van der Waals surface area contributed by atoms with Gasteiger partial charge < -0.3 is 9.88 Å². The number of nitrogens with one attached hydrogen (secondary N) is 2. The van der Waals surface area contributed by atoms with E-state index in [0.717, 1.165) is 48.5 Å². The summed E-state index contributed by atoms with van der Waals surface area (Å²) in [4.78, 5) is 16.0. The van der Waals surface area contributed by atoms with Crippen LogP contribution in [-0.4, -0.2) is 33.8 Å². The number of likely N-dealkylation sites (N-methyl/N-ethyl adjacent to an activating group) is 1. The third-order valence-electron chi connectivity index (χ3n) is 3.84. The zero-order valence-electron chi connectivity index (χ0n) is 15.5. The molecule has 2 rings (SSSR count). The molecule has 1 heterocycles. The van der Waals surface area contributed by atoms with Crippen molar-refractivity contribution in [2.24, 2.45) is 5.41 Å². The van der Waals surface area contributed by atoms with E-state index in [1.165, 1.54) is 6.08 Å². The summed E-state index contributed by atoms with van der Waals surface area (Å²) in [6.45, 7) is 11.5. The van der Waals surface area contributed by atoms with Gasteiger partial charge in [0.25, 0.3) is 5.91 Å². The second-order valence-corrected chi connectivity index (χ2v) is 7.33. The average molecular weight is 344 g/mol. The molecular weight excluding hydrogens is 316 g/mol. The van der Waals surface area contributed by atoms with E-state index in [-0.39, 0.29) is 5.41 Å². The van der Waals surface area contributed by atoms with E-state index in [1.54, 1.807) is 11.6 Å². The average Bonchev–Trinajstić information content (AvgIpc) is 2.87. The van der Waals surface area contributed by atoms with Gasteiger partial charge in [-0.05, 0) is 35.7 Å². The molecule has 1 amide bonds. The number of hydroxylamine groups is 1. The predicted octanol–water partition coefficient (Wildman–Crippen LogP) is 2.75. The van der Waals surface area contributed by atoms with Gasteiger partial charge in [0.05, 0.1) is 11.0 Å². The molecular formula is C19H28N4O2. The van der Waals surface area contributed by atoms with Crippen LogP contribution in [0.2, 0.25) is 0 Å². The maximum Gasteiger partial charge on any atom is 0.267 e. The van der Waals surface area contributed by atoms with Crippen LogP contribution in [0.1, 0.15) is 39.1 Å². The number of hydrogen-bond donors (Lipinski definition) is 3. The van der Waals surface area contributed by atoms with E-state index in [9.17, 15) is 4.79 Å². The molecule has 0 aliphatic heterocycles. The minimum atomic E-state index is -0.551. The molecule has 0 saturated carbocycles. The maximum atomic E-state index is 11.1. The summed E-state index contributed by atoms with van der Waals surface area (Å²) < 4.78 is 2.27. The number of carbonyl (C=O) groups is 1. The number of carbonyl (C=O) groups excluding carboxylic acids is 1. The number of nitrogens with zero attached hydrogens (tertiary/aromatic N) is 2. The molecule has 6 nitrogen and oxygen atoms in total. The molecule has 0 bridgehead atoms. The molecule has 0 fully saturated rings. The molecule has 25 heavy (non-hydrogen) atoms. The Morgan fingerprint density at radius 3 is 2.76 bits per heavy atom. The van der Waals surface area contributed by atoms with Crippen LogP contribution in [0, 0.1) is 5.41 Å². The topological polar surface area (TPSA) is 79.2 Å². The number of fused-ring (bicyclic) bond motifs is 1. The van der Waals surface area contributed by atoms with Gasteiger partial charge in [0.1, 0.15) is 5.82 Å². The molecule has 0 atom stereocenters. The first-order valence-electron chi connectivity index (χ1n) is 8.66. The zero-order valence-corrected chi connectivity index (χ0v) is 15.5. The highest BCUT2D eigenvalue weighted by molar-refractivity contribution is 5.91. The van der Waals surface area contributed by atoms with Crippen LogP contribution in [0.5, 0.6) is 0 Å².